The van der Waals surface area contributed by atoms with Crippen molar-refractivity contribution in [3.8, 4) is 0 Å². The first kappa shape index (κ1) is 15.0. The van der Waals surface area contributed by atoms with E-state index in [2.05, 4.69) is 27.9 Å². The van der Waals surface area contributed by atoms with Gasteiger partial charge in [0.25, 0.3) is 0 Å². The lowest BCUT2D eigenvalue weighted by Crippen LogP contribution is -2.48. The van der Waals surface area contributed by atoms with E-state index < -0.39 is 5.54 Å². The topological polar surface area (TPSA) is 70.3 Å². The first-order valence-electron chi connectivity index (χ1n) is 7.04. The van der Waals surface area contributed by atoms with E-state index in [1.54, 1.807) is 6.92 Å². The SMILES string of the molecule is CCCn1c(CNC(C)(CO)CO)nc2ccccc21. The van der Waals surface area contributed by atoms with Gasteiger partial charge in [0.1, 0.15) is 5.82 Å². The molecule has 3 N–H and O–H groups in total. The van der Waals surface area contributed by atoms with Gasteiger partial charge in [-0.05, 0) is 25.5 Å². The van der Waals surface area contributed by atoms with Gasteiger partial charge in [0.2, 0.25) is 0 Å². The molecule has 5 nitrogen and oxygen atoms in total. The number of imidazole rings is 1. The minimum atomic E-state index is -0.685. The van der Waals surface area contributed by atoms with Crippen molar-refractivity contribution in [1.29, 1.82) is 0 Å². The molecule has 5 heteroatoms. The Morgan fingerprint density at radius 3 is 2.60 bits per heavy atom. The Hall–Kier alpha value is -1.43. The van der Waals surface area contributed by atoms with Gasteiger partial charge < -0.3 is 20.1 Å². The summed E-state index contributed by atoms with van der Waals surface area (Å²) in [6.45, 7) is 5.13. The van der Waals surface area contributed by atoms with Gasteiger partial charge in [-0.15, -0.1) is 0 Å². The van der Waals surface area contributed by atoms with Crippen LogP contribution < -0.4 is 5.32 Å². The van der Waals surface area contributed by atoms with Crippen molar-refractivity contribution < 1.29 is 10.2 Å². The zero-order chi connectivity index (χ0) is 14.6. The summed E-state index contributed by atoms with van der Waals surface area (Å²) in [5.41, 5.74) is 1.42. The summed E-state index contributed by atoms with van der Waals surface area (Å²) in [5, 5.41) is 21.8. The van der Waals surface area contributed by atoms with E-state index in [4.69, 9.17) is 0 Å². The van der Waals surface area contributed by atoms with Crippen LogP contribution in [0.15, 0.2) is 24.3 Å². The number of nitrogens with zero attached hydrogens (tertiary/aromatic N) is 2. The highest BCUT2D eigenvalue weighted by atomic mass is 16.3. The lowest BCUT2D eigenvalue weighted by Gasteiger charge is -2.26. The molecule has 0 atom stereocenters. The Morgan fingerprint density at radius 1 is 1.25 bits per heavy atom. The molecule has 1 heterocycles. The molecule has 0 amide bonds. The minimum Gasteiger partial charge on any atom is -0.394 e. The molecule has 1 aromatic carbocycles. The van der Waals surface area contributed by atoms with Crippen LogP contribution in [0.1, 0.15) is 26.1 Å². The number of para-hydroxylation sites is 2. The summed E-state index contributed by atoms with van der Waals surface area (Å²) < 4.78 is 2.19. The van der Waals surface area contributed by atoms with Crippen molar-refractivity contribution in [3.05, 3.63) is 30.1 Å². The predicted molar refractivity (Wildman–Crippen MR) is 79.4 cm³/mol. The Labute approximate surface area is 119 Å². The van der Waals surface area contributed by atoms with E-state index >= 15 is 0 Å². The summed E-state index contributed by atoms with van der Waals surface area (Å²) in [5.74, 6) is 0.932. The fourth-order valence-electron chi connectivity index (χ4n) is 2.19. The molecule has 0 saturated heterocycles. The summed E-state index contributed by atoms with van der Waals surface area (Å²) in [6, 6.07) is 8.06. The fraction of sp³-hybridized carbons (Fsp3) is 0.533. The van der Waals surface area contributed by atoms with Crippen LogP contribution in [0, 0.1) is 0 Å². The van der Waals surface area contributed by atoms with Gasteiger partial charge in [-0.2, -0.15) is 0 Å². The van der Waals surface area contributed by atoms with Crippen molar-refractivity contribution in [3.63, 3.8) is 0 Å². The third-order valence-corrected chi connectivity index (χ3v) is 3.55. The Balaban J connectivity index is 2.27. The summed E-state index contributed by atoms with van der Waals surface area (Å²) in [6.07, 6.45) is 1.03. The van der Waals surface area contributed by atoms with E-state index in [-0.39, 0.29) is 13.2 Å². The normalized spacial score (nSPS) is 12.2. The Kier molecular flexibility index (Phi) is 4.75. The van der Waals surface area contributed by atoms with Gasteiger partial charge in [-0.1, -0.05) is 19.1 Å². The molecular formula is C15H23N3O2. The van der Waals surface area contributed by atoms with Crippen molar-refractivity contribution in [2.24, 2.45) is 0 Å². The largest absolute Gasteiger partial charge is 0.394 e. The molecule has 0 saturated carbocycles. The van der Waals surface area contributed by atoms with Crippen molar-refractivity contribution in [1.82, 2.24) is 14.9 Å². The zero-order valence-corrected chi connectivity index (χ0v) is 12.1. The van der Waals surface area contributed by atoms with Crippen LogP contribution in [0.3, 0.4) is 0 Å². The van der Waals surface area contributed by atoms with E-state index in [1.165, 1.54) is 0 Å². The molecule has 1 aromatic heterocycles. The number of aromatic nitrogens is 2. The van der Waals surface area contributed by atoms with Gasteiger partial charge in [0.15, 0.2) is 0 Å². The van der Waals surface area contributed by atoms with Crippen molar-refractivity contribution in [2.45, 2.75) is 38.9 Å². The number of aliphatic hydroxyl groups is 2. The number of nitrogens with one attached hydrogen (secondary N) is 1. The molecule has 0 aliphatic heterocycles. The average Bonchev–Trinajstić information content (AvgIpc) is 2.83. The van der Waals surface area contributed by atoms with E-state index in [0.717, 1.165) is 29.8 Å². The molecule has 0 aliphatic carbocycles. The maximum atomic E-state index is 9.33. The second-order valence-electron chi connectivity index (χ2n) is 5.40. The minimum absolute atomic E-state index is 0.114. The van der Waals surface area contributed by atoms with Crippen molar-refractivity contribution >= 4 is 11.0 Å². The zero-order valence-electron chi connectivity index (χ0n) is 12.1. The van der Waals surface area contributed by atoms with E-state index in [9.17, 15) is 10.2 Å². The van der Waals surface area contributed by atoms with Gasteiger partial charge in [-0.25, -0.2) is 4.98 Å². The van der Waals surface area contributed by atoms with Crippen LogP contribution >= 0.6 is 0 Å². The highest BCUT2D eigenvalue weighted by Gasteiger charge is 2.22. The van der Waals surface area contributed by atoms with Crippen LogP contribution in [-0.4, -0.2) is 38.5 Å². The molecule has 0 unspecified atom stereocenters. The van der Waals surface area contributed by atoms with Crippen molar-refractivity contribution in [2.75, 3.05) is 13.2 Å². The van der Waals surface area contributed by atoms with Gasteiger partial charge in [0.05, 0.1) is 36.3 Å². The summed E-state index contributed by atoms with van der Waals surface area (Å²) in [4.78, 5) is 4.64. The standard InChI is InChI=1S/C15H23N3O2/c1-3-8-18-13-7-5-4-6-12(13)17-14(18)9-16-15(2,10-19)11-20/h4-7,16,19-20H,3,8-11H2,1-2H3. The Bertz CT molecular complexity index is 561. The lowest BCUT2D eigenvalue weighted by molar-refractivity contribution is 0.102. The highest BCUT2D eigenvalue weighted by molar-refractivity contribution is 5.75. The predicted octanol–water partition coefficient (Wildman–Crippen LogP) is 1.28. The molecule has 2 aromatic rings. The molecular weight excluding hydrogens is 254 g/mol. The van der Waals surface area contributed by atoms with Crippen LogP contribution in [0.4, 0.5) is 0 Å². The number of aryl methyl sites for hydroxylation is 1. The molecule has 0 fully saturated rings. The van der Waals surface area contributed by atoms with Gasteiger partial charge >= 0.3 is 0 Å². The first-order valence-corrected chi connectivity index (χ1v) is 7.04. The van der Waals surface area contributed by atoms with Crippen LogP contribution in [0.2, 0.25) is 0 Å². The number of fused-ring (bicyclic) bond motifs is 1. The number of hydrogen-bond donors (Lipinski definition) is 3. The quantitative estimate of drug-likeness (QED) is 0.713. The smallest absolute Gasteiger partial charge is 0.123 e. The molecule has 20 heavy (non-hydrogen) atoms. The third-order valence-electron chi connectivity index (χ3n) is 3.55. The van der Waals surface area contributed by atoms with Gasteiger partial charge in [0, 0.05) is 6.54 Å². The lowest BCUT2D eigenvalue weighted by atomic mass is 10.1. The maximum absolute atomic E-state index is 9.33. The molecule has 0 radical (unpaired) electrons. The number of aliphatic hydroxyl groups excluding tert-OH is 2. The number of benzene rings is 1. The average molecular weight is 277 g/mol. The van der Waals surface area contributed by atoms with E-state index in [0.29, 0.717) is 6.54 Å². The first-order chi connectivity index (χ1) is 9.63. The molecule has 0 aliphatic rings. The number of rotatable bonds is 7. The maximum Gasteiger partial charge on any atom is 0.123 e. The van der Waals surface area contributed by atoms with E-state index in [1.807, 2.05) is 18.2 Å². The Morgan fingerprint density at radius 2 is 1.95 bits per heavy atom. The molecule has 110 valence electrons. The third kappa shape index (κ3) is 3.00. The summed E-state index contributed by atoms with van der Waals surface area (Å²) >= 11 is 0. The molecule has 2 rings (SSSR count). The van der Waals surface area contributed by atoms with Gasteiger partial charge in [-0.3, -0.25) is 0 Å². The second-order valence-corrected chi connectivity index (χ2v) is 5.40. The van der Waals surface area contributed by atoms with Crippen LogP contribution in [-0.2, 0) is 13.1 Å². The fourth-order valence-corrected chi connectivity index (χ4v) is 2.19. The second kappa shape index (κ2) is 6.35. The molecule has 0 spiro atoms. The van der Waals surface area contributed by atoms with Crippen LogP contribution in [0.5, 0.6) is 0 Å². The summed E-state index contributed by atoms with van der Waals surface area (Å²) in [7, 11) is 0. The highest BCUT2D eigenvalue weighted by Crippen LogP contribution is 2.17. The van der Waals surface area contributed by atoms with Crippen LogP contribution in [0.25, 0.3) is 11.0 Å². The monoisotopic (exact) mass is 277 g/mol. The molecule has 0 bridgehead atoms. The number of hydrogen-bond acceptors (Lipinski definition) is 4.